The molecule has 2 aromatic carbocycles. The van der Waals surface area contributed by atoms with Gasteiger partial charge in [-0.2, -0.15) is 5.10 Å². The van der Waals surface area contributed by atoms with Crippen LogP contribution in [-0.4, -0.2) is 89.4 Å². The Morgan fingerprint density at radius 1 is 0.897 bits per heavy atom. The van der Waals surface area contributed by atoms with Crippen molar-refractivity contribution >= 4 is 52.4 Å². The highest BCUT2D eigenvalue weighted by atomic mass is 35.5. The Morgan fingerprint density at radius 3 is 2.22 bits per heavy atom. The van der Waals surface area contributed by atoms with Crippen LogP contribution in [0.2, 0.25) is 10.0 Å². The Hall–Kier alpha value is -4.27. The van der Waals surface area contributed by atoms with Crippen LogP contribution in [0.5, 0.6) is 0 Å². The third-order valence-corrected chi connectivity index (χ3v) is 14.7. The van der Waals surface area contributed by atoms with E-state index in [4.69, 9.17) is 28.2 Å². The number of aliphatic hydroxyl groups excluding tert-OH is 1. The molecule has 13 nitrogen and oxygen atoms in total. The van der Waals surface area contributed by atoms with E-state index in [1.165, 1.54) is 0 Å². The Kier molecular flexibility index (Phi) is 10.4. The maximum atomic E-state index is 13.8. The highest BCUT2D eigenvalue weighted by molar-refractivity contribution is 6.40. The summed E-state index contributed by atoms with van der Waals surface area (Å²) in [5.41, 5.74) is 4.88. The second-order valence-electron chi connectivity index (χ2n) is 17.3. The van der Waals surface area contributed by atoms with Crippen molar-refractivity contribution in [2.24, 2.45) is 17.9 Å². The summed E-state index contributed by atoms with van der Waals surface area (Å²) in [5.74, 6) is -1.07. The van der Waals surface area contributed by atoms with Crippen molar-refractivity contribution in [3.8, 4) is 11.1 Å². The minimum Gasteiger partial charge on any atom is -0.481 e. The van der Waals surface area contributed by atoms with Crippen LogP contribution in [0.3, 0.4) is 0 Å². The third-order valence-electron chi connectivity index (χ3n) is 13.9. The molecule has 3 fully saturated rings. The summed E-state index contributed by atoms with van der Waals surface area (Å²) in [7, 11) is 1.87. The number of nitrogens with one attached hydrogen (secondary N) is 2. The van der Waals surface area contributed by atoms with E-state index in [1.807, 2.05) is 34.5 Å². The zero-order chi connectivity index (χ0) is 40.3. The second kappa shape index (κ2) is 15.4. The van der Waals surface area contributed by atoms with E-state index in [0.29, 0.717) is 50.6 Å². The van der Waals surface area contributed by atoms with Gasteiger partial charge >= 0.3 is 5.97 Å². The number of likely N-dealkylation sites (tertiary alicyclic amines) is 1. The number of hydrogen-bond donors (Lipinski definition) is 4. The summed E-state index contributed by atoms with van der Waals surface area (Å²) in [6.07, 6.45) is 9.32. The average Bonchev–Trinajstić information content (AvgIpc) is 4.01. The standard InChI is InChI=1S/C43H50Cl2N8O5/c1-50-33-12-19-51(22-17-42-13-15-43(25-42,16-14-42)41(57)58)24-32(33)46-38(50)40(56)48-30-8-3-6-28(37(30)45)27-5-2-7-29(36(27)44)47-39(55)31-23-35-34(9-4-18-53(35)49-31)52-20-10-26(54)11-21-52/h2-3,5-8,23,26,34,54H,4,9-22,24-25H2,1H3,(H,47,55)(H,48,56)(H,57,58). The molecule has 5 heterocycles. The average molecular weight is 830 g/mol. The van der Waals surface area contributed by atoms with Gasteiger partial charge < -0.3 is 25.4 Å². The number of amides is 2. The number of fused-ring (bicyclic) bond motifs is 4. The van der Waals surface area contributed by atoms with Gasteiger partial charge in [0.25, 0.3) is 11.8 Å². The molecule has 2 saturated carbocycles. The van der Waals surface area contributed by atoms with Gasteiger partial charge in [0.2, 0.25) is 0 Å². The fourth-order valence-electron chi connectivity index (χ4n) is 10.5. The van der Waals surface area contributed by atoms with Crippen LogP contribution in [0.15, 0.2) is 42.5 Å². The van der Waals surface area contributed by atoms with Crippen LogP contribution >= 0.6 is 23.2 Å². The molecule has 2 amide bonds. The van der Waals surface area contributed by atoms with Crippen LogP contribution in [0.25, 0.3) is 11.1 Å². The molecule has 2 aromatic heterocycles. The number of nitrogens with zero attached hydrogens (tertiary/aromatic N) is 6. The molecule has 0 spiro atoms. The van der Waals surface area contributed by atoms with Crippen molar-refractivity contribution in [3.05, 3.63) is 81.1 Å². The number of imidazole rings is 1. The lowest BCUT2D eigenvalue weighted by Crippen LogP contribution is -2.40. The molecule has 0 radical (unpaired) electrons. The highest BCUT2D eigenvalue weighted by Gasteiger charge is 2.57. The Balaban J connectivity index is 0.864. The molecule has 9 rings (SSSR count). The summed E-state index contributed by atoms with van der Waals surface area (Å²) >= 11 is 14.0. The van der Waals surface area contributed by atoms with Crippen LogP contribution in [0.4, 0.5) is 11.4 Å². The summed E-state index contributed by atoms with van der Waals surface area (Å²) < 4.78 is 3.80. The first-order chi connectivity index (χ1) is 27.9. The van der Waals surface area contributed by atoms with E-state index in [-0.39, 0.29) is 29.4 Å². The van der Waals surface area contributed by atoms with Crippen molar-refractivity contribution < 1.29 is 24.6 Å². The molecule has 5 aliphatic rings. The van der Waals surface area contributed by atoms with Crippen molar-refractivity contribution in [1.82, 2.24) is 29.1 Å². The molecule has 4 N–H and O–H groups in total. The van der Waals surface area contributed by atoms with Gasteiger partial charge in [-0.15, -0.1) is 0 Å². The molecule has 1 atom stereocenters. The number of aryl methyl sites for hydroxylation is 1. The maximum absolute atomic E-state index is 13.8. The normalized spacial score (nSPS) is 24.7. The number of aliphatic hydroxyl groups is 1. The summed E-state index contributed by atoms with van der Waals surface area (Å²) in [6.45, 7) is 4.78. The Bertz CT molecular complexity index is 2270. The van der Waals surface area contributed by atoms with E-state index in [9.17, 15) is 24.6 Å². The fraction of sp³-hybridized carbons (Fsp3) is 0.512. The van der Waals surface area contributed by atoms with E-state index in [0.717, 1.165) is 120 Å². The largest absolute Gasteiger partial charge is 0.481 e. The number of rotatable bonds is 10. The summed E-state index contributed by atoms with van der Waals surface area (Å²) in [5, 5.41) is 31.0. The number of carboxylic acids is 1. The highest BCUT2D eigenvalue weighted by Crippen LogP contribution is 2.63. The minimum atomic E-state index is -0.629. The molecule has 306 valence electrons. The Morgan fingerprint density at radius 2 is 1.57 bits per heavy atom. The van der Waals surface area contributed by atoms with Gasteiger partial charge in [-0.3, -0.25) is 28.9 Å². The van der Waals surface area contributed by atoms with Crippen molar-refractivity contribution in [2.75, 3.05) is 36.8 Å². The van der Waals surface area contributed by atoms with Gasteiger partial charge in [0.1, 0.15) is 0 Å². The van der Waals surface area contributed by atoms with Gasteiger partial charge in [0.15, 0.2) is 11.5 Å². The van der Waals surface area contributed by atoms with Crippen LogP contribution in [0.1, 0.15) is 108 Å². The number of hydrogen-bond acceptors (Lipinski definition) is 8. The molecule has 58 heavy (non-hydrogen) atoms. The first-order valence-corrected chi connectivity index (χ1v) is 21.4. The number of carboxylic acid groups (broad SMARTS) is 1. The van der Waals surface area contributed by atoms with Crippen LogP contribution < -0.4 is 10.6 Å². The zero-order valence-electron chi connectivity index (χ0n) is 32.8. The first-order valence-electron chi connectivity index (χ1n) is 20.6. The van der Waals surface area contributed by atoms with E-state index in [1.54, 1.807) is 24.3 Å². The molecule has 2 aliphatic carbocycles. The topological polar surface area (TPSA) is 158 Å². The van der Waals surface area contributed by atoms with Gasteiger partial charge in [-0.25, -0.2) is 4.98 Å². The number of carbonyl (C=O) groups excluding carboxylic acids is 2. The van der Waals surface area contributed by atoms with Gasteiger partial charge in [0, 0.05) is 63.0 Å². The number of anilines is 2. The summed E-state index contributed by atoms with van der Waals surface area (Å²) in [6, 6.07) is 12.7. The van der Waals surface area contributed by atoms with Crippen LogP contribution in [0, 0.1) is 10.8 Å². The molecule has 1 unspecified atom stereocenters. The third kappa shape index (κ3) is 7.12. The fourth-order valence-corrected chi connectivity index (χ4v) is 11.1. The number of aromatic nitrogens is 4. The minimum absolute atomic E-state index is 0.131. The number of piperidine rings is 1. The zero-order valence-corrected chi connectivity index (χ0v) is 34.3. The molecular formula is C43H50Cl2N8O5. The van der Waals surface area contributed by atoms with Crippen molar-refractivity contribution in [3.63, 3.8) is 0 Å². The number of carbonyl (C=O) groups is 3. The number of aliphatic carboxylic acids is 1. The predicted octanol–water partition coefficient (Wildman–Crippen LogP) is 7.17. The first kappa shape index (κ1) is 39.2. The number of halogens is 2. The predicted molar refractivity (Wildman–Crippen MR) is 221 cm³/mol. The molecule has 15 heteroatoms. The van der Waals surface area contributed by atoms with E-state index < -0.39 is 11.4 Å². The second-order valence-corrected chi connectivity index (χ2v) is 18.0. The molecule has 2 bridgehead atoms. The van der Waals surface area contributed by atoms with Crippen molar-refractivity contribution in [1.29, 1.82) is 0 Å². The van der Waals surface area contributed by atoms with Crippen LogP contribution in [-0.2, 0) is 31.4 Å². The van der Waals surface area contributed by atoms with Gasteiger partial charge in [0.05, 0.1) is 50.4 Å². The maximum Gasteiger partial charge on any atom is 0.309 e. The van der Waals surface area contributed by atoms with Gasteiger partial charge in [-0.05, 0) is 94.4 Å². The van der Waals surface area contributed by atoms with E-state index in [2.05, 4.69) is 25.5 Å². The number of benzene rings is 2. The lowest BCUT2D eigenvalue weighted by atomic mass is 9.80. The quantitative estimate of drug-likeness (QED) is 0.130. The van der Waals surface area contributed by atoms with E-state index >= 15 is 0 Å². The lowest BCUT2D eigenvalue weighted by molar-refractivity contribution is -0.148. The lowest BCUT2D eigenvalue weighted by Gasteiger charge is -2.38. The molecule has 3 aliphatic heterocycles. The van der Waals surface area contributed by atoms with Gasteiger partial charge in [-0.1, -0.05) is 47.5 Å². The Labute approximate surface area is 347 Å². The molecular weight excluding hydrogens is 779 g/mol. The molecule has 4 aromatic rings. The smallest absolute Gasteiger partial charge is 0.309 e. The molecule has 1 saturated heterocycles. The van der Waals surface area contributed by atoms with Crippen molar-refractivity contribution in [2.45, 2.75) is 95.9 Å². The summed E-state index contributed by atoms with van der Waals surface area (Å²) in [4.78, 5) is 48.9. The monoisotopic (exact) mass is 828 g/mol. The SMILES string of the molecule is Cn1c(C(=O)Nc2cccc(-c3cccc(NC(=O)c4cc5n(n4)CCCC5N4CCC(O)CC4)c3Cl)c2Cl)nc2c1CCN(CCC13CCC(C(=O)O)(CC1)C3)C2.